The summed E-state index contributed by atoms with van der Waals surface area (Å²) < 4.78 is 12.4. The number of aromatic nitrogens is 1. The lowest BCUT2D eigenvalue weighted by atomic mass is 9.97. The lowest BCUT2D eigenvalue weighted by Crippen LogP contribution is -2.44. The molecule has 7 nitrogen and oxygen atoms in total. The maximum Gasteiger partial charge on any atom is 0.270 e. The Morgan fingerprint density at radius 1 is 1.18 bits per heavy atom. The zero-order valence-corrected chi connectivity index (χ0v) is 16.6. The number of amides is 2. The lowest BCUT2D eigenvalue weighted by Gasteiger charge is -2.33. The molecule has 0 radical (unpaired) electrons. The largest absolute Gasteiger partial charge is 0.493 e. The van der Waals surface area contributed by atoms with Crippen molar-refractivity contribution in [3.63, 3.8) is 0 Å². The molecular formula is C21H27N3O4. The van der Waals surface area contributed by atoms with Gasteiger partial charge in [-0.05, 0) is 43.0 Å². The van der Waals surface area contributed by atoms with Crippen LogP contribution in [0.1, 0.15) is 33.7 Å². The standard InChI is InChI=1S/C21H27N3O4/c1-23-11-6-9-17(23)21(26)24-12-5-7-15(14-24)13-22-20(25)16-8-4-10-18(27-2)19(16)28-3/h4,6,8-11,15H,5,7,12-14H2,1-3H3,(H,22,25)/t15-/m0/s1. The van der Waals surface area contributed by atoms with Crippen molar-refractivity contribution in [3.05, 3.63) is 47.8 Å². The van der Waals surface area contributed by atoms with Gasteiger partial charge in [0, 0.05) is 32.9 Å². The summed E-state index contributed by atoms with van der Waals surface area (Å²) in [6.07, 6.45) is 3.78. The van der Waals surface area contributed by atoms with Crippen molar-refractivity contribution in [3.8, 4) is 11.5 Å². The fourth-order valence-corrected chi connectivity index (χ4v) is 3.66. The Hall–Kier alpha value is -2.96. The zero-order chi connectivity index (χ0) is 20.1. The van der Waals surface area contributed by atoms with E-state index in [9.17, 15) is 9.59 Å². The zero-order valence-electron chi connectivity index (χ0n) is 16.6. The average Bonchev–Trinajstić information content (AvgIpc) is 3.16. The minimum atomic E-state index is -0.207. The minimum Gasteiger partial charge on any atom is -0.493 e. The number of para-hydroxylation sites is 1. The molecule has 1 aromatic carbocycles. The van der Waals surface area contributed by atoms with Crippen molar-refractivity contribution >= 4 is 11.8 Å². The Morgan fingerprint density at radius 2 is 2.00 bits per heavy atom. The van der Waals surface area contributed by atoms with Gasteiger partial charge in [-0.1, -0.05) is 6.07 Å². The van der Waals surface area contributed by atoms with Gasteiger partial charge < -0.3 is 24.3 Å². The Balaban J connectivity index is 1.61. The summed E-state index contributed by atoms with van der Waals surface area (Å²) >= 11 is 0. The number of piperidine rings is 1. The summed E-state index contributed by atoms with van der Waals surface area (Å²) in [5.74, 6) is 0.997. The second-order valence-corrected chi connectivity index (χ2v) is 7.01. The fraction of sp³-hybridized carbons (Fsp3) is 0.429. The third-order valence-electron chi connectivity index (χ3n) is 5.17. The number of hydrogen-bond donors (Lipinski definition) is 1. The molecule has 0 spiro atoms. The molecule has 1 aliphatic rings. The van der Waals surface area contributed by atoms with Crippen LogP contribution in [0.2, 0.25) is 0 Å². The number of nitrogens with one attached hydrogen (secondary N) is 1. The van der Waals surface area contributed by atoms with Crippen molar-refractivity contribution in [2.75, 3.05) is 33.9 Å². The van der Waals surface area contributed by atoms with Crippen LogP contribution in [0.15, 0.2) is 36.5 Å². The van der Waals surface area contributed by atoms with E-state index in [0.717, 1.165) is 19.4 Å². The third-order valence-corrected chi connectivity index (χ3v) is 5.17. The summed E-state index contributed by atoms with van der Waals surface area (Å²) in [6.45, 7) is 1.90. The third kappa shape index (κ3) is 4.13. The van der Waals surface area contributed by atoms with Crippen molar-refractivity contribution in [2.24, 2.45) is 13.0 Å². The van der Waals surface area contributed by atoms with E-state index in [4.69, 9.17) is 9.47 Å². The summed E-state index contributed by atoms with van der Waals surface area (Å²) in [7, 11) is 4.93. The van der Waals surface area contributed by atoms with Gasteiger partial charge in [-0.25, -0.2) is 0 Å². The van der Waals surface area contributed by atoms with Crippen LogP contribution in [0, 0.1) is 5.92 Å². The second kappa shape index (κ2) is 8.82. The van der Waals surface area contributed by atoms with Crippen LogP contribution in [0.4, 0.5) is 0 Å². The van der Waals surface area contributed by atoms with Gasteiger partial charge in [0.1, 0.15) is 5.69 Å². The van der Waals surface area contributed by atoms with Crippen molar-refractivity contribution in [2.45, 2.75) is 12.8 Å². The summed E-state index contributed by atoms with van der Waals surface area (Å²) in [5, 5.41) is 2.98. The first-order valence-corrected chi connectivity index (χ1v) is 9.45. The van der Waals surface area contributed by atoms with Gasteiger partial charge in [-0.2, -0.15) is 0 Å². The Bertz CT molecular complexity index is 846. The maximum atomic E-state index is 12.7. The lowest BCUT2D eigenvalue weighted by molar-refractivity contribution is 0.0661. The smallest absolute Gasteiger partial charge is 0.270 e. The van der Waals surface area contributed by atoms with Crippen LogP contribution in [0.5, 0.6) is 11.5 Å². The number of carbonyl (C=O) groups excluding carboxylic acids is 2. The van der Waals surface area contributed by atoms with Crippen LogP contribution in [-0.4, -0.2) is 55.1 Å². The van der Waals surface area contributed by atoms with E-state index in [1.807, 2.05) is 34.8 Å². The molecule has 3 rings (SSSR count). The topological polar surface area (TPSA) is 72.8 Å². The number of ether oxygens (including phenoxy) is 2. The van der Waals surface area contributed by atoms with Gasteiger partial charge in [0.2, 0.25) is 0 Å². The first-order chi connectivity index (χ1) is 13.5. The number of hydrogen-bond acceptors (Lipinski definition) is 4. The second-order valence-electron chi connectivity index (χ2n) is 7.01. The number of rotatable bonds is 6. The number of aryl methyl sites for hydroxylation is 1. The average molecular weight is 385 g/mol. The first kappa shape index (κ1) is 19.8. The molecule has 1 atom stereocenters. The van der Waals surface area contributed by atoms with Gasteiger partial charge in [-0.3, -0.25) is 9.59 Å². The highest BCUT2D eigenvalue weighted by Crippen LogP contribution is 2.30. The van der Waals surface area contributed by atoms with Crippen LogP contribution < -0.4 is 14.8 Å². The monoisotopic (exact) mass is 385 g/mol. The van der Waals surface area contributed by atoms with Crippen molar-refractivity contribution in [1.29, 1.82) is 0 Å². The quantitative estimate of drug-likeness (QED) is 0.828. The van der Waals surface area contributed by atoms with Gasteiger partial charge in [0.25, 0.3) is 11.8 Å². The molecule has 1 aliphatic heterocycles. The number of methoxy groups -OCH3 is 2. The molecule has 1 saturated heterocycles. The number of carbonyl (C=O) groups is 2. The summed E-state index contributed by atoms with van der Waals surface area (Å²) in [5.41, 5.74) is 1.13. The van der Waals surface area contributed by atoms with Crippen LogP contribution in [0.3, 0.4) is 0 Å². The number of likely N-dealkylation sites (tertiary alicyclic amines) is 1. The molecule has 1 fully saturated rings. The molecule has 0 aliphatic carbocycles. The SMILES string of the molecule is COc1cccc(C(=O)NC[C@@H]2CCCN(C(=O)c3cccn3C)C2)c1OC. The molecule has 0 bridgehead atoms. The highest BCUT2D eigenvalue weighted by molar-refractivity contribution is 5.97. The molecular weight excluding hydrogens is 358 g/mol. The minimum absolute atomic E-state index is 0.0398. The molecule has 2 amide bonds. The van der Waals surface area contributed by atoms with Crippen molar-refractivity contribution < 1.29 is 19.1 Å². The van der Waals surface area contributed by atoms with Crippen LogP contribution >= 0.6 is 0 Å². The highest BCUT2D eigenvalue weighted by Gasteiger charge is 2.26. The predicted octanol–water partition coefficient (Wildman–Crippen LogP) is 2.32. The van der Waals surface area contributed by atoms with E-state index >= 15 is 0 Å². The molecule has 2 aromatic rings. The molecule has 150 valence electrons. The fourth-order valence-electron chi connectivity index (χ4n) is 3.66. The molecule has 1 aromatic heterocycles. The van der Waals surface area contributed by atoms with Crippen LogP contribution in [0.25, 0.3) is 0 Å². The molecule has 0 saturated carbocycles. The van der Waals surface area contributed by atoms with Gasteiger partial charge in [0.15, 0.2) is 11.5 Å². The van der Waals surface area contributed by atoms with Gasteiger partial charge in [-0.15, -0.1) is 0 Å². The number of benzene rings is 1. The van der Waals surface area contributed by atoms with Crippen molar-refractivity contribution in [1.82, 2.24) is 14.8 Å². The molecule has 1 N–H and O–H groups in total. The van der Waals surface area contributed by atoms with E-state index in [2.05, 4.69) is 5.32 Å². The van der Waals surface area contributed by atoms with E-state index in [1.54, 1.807) is 25.3 Å². The Kier molecular flexibility index (Phi) is 6.23. The predicted molar refractivity (Wildman–Crippen MR) is 106 cm³/mol. The first-order valence-electron chi connectivity index (χ1n) is 9.45. The normalized spacial score (nSPS) is 16.5. The summed E-state index contributed by atoms with van der Waals surface area (Å²) in [6, 6.07) is 8.93. The van der Waals surface area contributed by atoms with Crippen LogP contribution in [-0.2, 0) is 7.05 Å². The van der Waals surface area contributed by atoms with E-state index in [-0.39, 0.29) is 17.7 Å². The Morgan fingerprint density at radius 3 is 2.68 bits per heavy atom. The van der Waals surface area contributed by atoms with E-state index < -0.39 is 0 Å². The Labute approximate surface area is 165 Å². The van der Waals surface area contributed by atoms with Gasteiger partial charge in [0.05, 0.1) is 19.8 Å². The molecule has 2 heterocycles. The highest BCUT2D eigenvalue weighted by atomic mass is 16.5. The number of nitrogens with zero attached hydrogens (tertiary/aromatic N) is 2. The van der Waals surface area contributed by atoms with Gasteiger partial charge >= 0.3 is 0 Å². The van der Waals surface area contributed by atoms with E-state index in [1.165, 1.54) is 7.11 Å². The maximum absolute atomic E-state index is 12.7. The molecule has 28 heavy (non-hydrogen) atoms. The summed E-state index contributed by atoms with van der Waals surface area (Å²) in [4.78, 5) is 27.3. The van der Waals surface area contributed by atoms with E-state index in [0.29, 0.717) is 35.8 Å². The molecule has 7 heteroatoms. The molecule has 0 unspecified atom stereocenters.